The highest BCUT2D eigenvalue weighted by Crippen LogP contribution is 2.29. The lowest BCUT2D eigenvalue weighted by atomic mass is 9.88. The molecule has 48 heavy (non-hydrogen) atoms. The zero-order valence-corrected chi connectivity index (χ0v) is 32.9. The number of benzene rings is 2. The lowest BCUT2D eigenvalue weighted by Crippen LogP contribution is -2.43. The summed E-state index contributed by atoms with van der Waals surface area (Å²) in [5.41, 5.74) is 9.34. The SMILES string of the molecule is CC(C)=CCN(c1ccc(CCC(C)(C)C)cc1)C1CCCCC1.CC(C)=CCN(c1ccc(CCC(C)(C)C)cc1)C1CCNCC1. The Balaban J connectivity index is 0.000000260. The van der Waals surface area contributed by atoms with Gasteiger partial charge in [0.2, 0.25) is 0 Å². The van der Waals surface area contributed by atoms with Gasteiger partial charge in [-0.05, 0) is 138 Å². The second-order valence-corrected chi connectivity index (χ2v) is 17.6. The fourth-order valence-electron chi connectivity index (χ4n) is 6.75. The number of aryl methyl sites for hydroxylation is 2. The molecule has 1 aliphatic heterocycles. The van der Waals surface area contributed by atoms with Gasteiger partial charge in [-0.15, -0.1) is 0 Å². The predicted molar refractivity (Wildman–Crippen MR) is 215 cm³/mol. The van der Waals surface area contributed by atoms with E-state index >= 15 is 0 Å². The molecule has 2 fully saturated rings. The van der Waals surface area contributed by atoms with Crippen molar-refractivity contribution in [1.82, 2.24) is 5.32 Å². The second-order valence-electron chi connectivity index (χ2n) is 17.6. The number of anilines is 2. The number of piperidine rings is 1. The van der Waals surface area contributed by atoms with Gasteiger partial charge in [-0.2, -0.15) is 0 Å². The van der Waals surface area contributed by atoms with E-state index in [1.165, 1.54) is 104 Å². The molecular weight excluding hydrogens is 583 g/mol. The largest absolute Gasteiger partial charge is 0.365 e. The number of allylic oxidation sites excluding steroid dienone is 2. The summed E-state index contributed by atoms with van der Waals surface area (Å²) >= 11 is 0. The van der Waals surface area contributed by atoms with Gasteiger partial charge < -0.3 is 15.1 Å². The number of nitrogens with one attached hydrogen (secondary N) is 1. The van der Waals surface area contributed by atoms with E-state index in [0.29, 0.717) is 16.9 Å². The summed E-state index contributed by atoms with van der Waals surface area (Å²) in [4.78, 5) is 5.24. The van der Waals surface area contributed by atoms with E-state index in [-0.39, 0.29) is 0 Å². The molecule has 0 amide bonds. The van der Waals surface area contributed by atoms with Gasteiger partial charge in [-0.3, -0.25) is 0 Å². The lowest BCUT2D eigenvalue weighted by Gasteiger charge is -2.36. The van der Waals surface area contributed by atoms with Crippen molar-refractivity contribution in [2.75, 3.05) is 36.0 Å². The highest BCUT2D eigenvalue weighted by atomic mass is 15.2. The van der Waals surface area contributed by atoms with Gasteiger partial charge >= 0.3 is 0 Å². The van der Waals surface area contributed by atoms with Crippen molar-refractivity contribution in [3.63, 3.8) is 0 Å². The van der Waals surface area contributed by atoms with Crippen LogP contribution in [0.4, 0.5) is 11.4 Å². The van der Waals surface area contributed by atoms with Crippen molar-refractivity contribution in [3.8, 4) is 0 Å². The highest BCUT2D eigenvalue weighted by molar-refractivity contribution is 5.50. The fraction of sp³-hybridized carbons (Fsp3) is 0.644. The molecule has 4 rings (SSSR count). The Hall–Kier alpha value is -2.52. The monoisotopic (exact) mass is 656 g/mol. The van der Waals surface area contributed by atoms with Crippen LogP contribution in [0.15, 0.2) is 71.8 Å². The van der Waals surface area contributed by atoms with E-state index in [1.807, 2.05) is 0 Å². The Morgan fingerprint density at radius 2 is 0.958 bits per heavy atom. The van der Waals surface area contributed by atoms with Crippen LogP contribution in [-0.4, -0.2) is 38.3 Å². The first kappa shape index (κ1) is 39.9. The van der Waals surface area contributed by atoms with Crippen molar-refractivity contribution in [2.24, 2.45) is 10.8 Å². The van der Waals surface area contributed by atoms with Crippen LogP contribution in [0.2, 0.25) is 0 Å². The Kier molecular flexibility index (Phi) is 16.3. The second kappa shape index (κ2) is 19.6. The van der Waals surface area contributed by atoms with E-state index in [0.717, 1.165) is 32.2 Å². The first-order valence-corrected chi connectivity index (χ1v) is 19.4. The lowest BCUT2D eigenvalue weighted by molar-refractivity contribution is 0.378. The Bertz CT molecular complexity index is 1120. The Morgan fingerprint density at radius 3 is 1.31 bits per heavy atom. The summed E-state index contributed by atoms with van der Waals surface area (Å²) in [6.07, 6.45) is 18.9. The minimum Gasteiger partial charge on any atom is -0.365 e. The van der Waals surface area contributed by atoms with E-state index in [9.17, 15) is 0 Å². The molecule has 1 aliphatic carbocycles. The standard InChI is InChI=1S/C23H37N.C22H36N2/c1-19(2)16-18-24(21-9-7-6-8-10-21)22-13-11-20(12-14-22)15-17-23(3,4)5;1-18(2)13-17-24(21-11-15-23-16-12-21)20-8-6-19(7-9-20)10-14-22(3,4)5/h11-14,16,21H,6-10,15,17-18H2,1-5H3;6-9,13,21,23H,10-12,14-17H2,1-5H3. The maximum absolute atomic E-state index is 3.48. The van der Waals surface area contributed by atoms with Gasteiger partial charge in [0.1, 0.15) is 0 Å². The van der Waals surface area contributed by atoms with Crippen molar-refractivity contribution in [1.29, 1.82) is 0 Å². The van der Waals surface area contributed by atoms with E-state index < -0.39 is 0 Å². The van der Waals surface area contributed by atoms with E-state index in [2.05, 4.69) is 145 Å². The van der Waals surface area contributed by atoms with Crippen LogP contribution in [0, 0.1) is 10.8 Å². The number of rotatable bonds is 12. The van der Waals surface area contributed by atoms with E-state index in [4.69, 9.17) is 0 Å². The molecule has 3 heteroatoms. The van der Waals surface area contributed by atoms with Gasteiger partial charge in [-0.1, -0.05) is 108 Å². The smallest absolute Gasteiger partial charge is 0.0371 e. The molecular formula is C45H73N3. The van der Waals surface area contributed by atoms with Crippen LogP contribution in [-0.2, 0) is 12.8 Å². The first-order valence-electron chi connectivity index (χ1n) is 19.4. The molecule has 1 N–H and O–H groups in total. The molecule has 0 aromatic heterocycles. The maximum atomic E-state index is 3.48. The van der Waals surface area contributed by atoms with Crippen molar-refractivity contribution < 1.29 is 0 Å². The number of nitrogens with zero attached hydrogens (tertiary/aromatic N) is 2. The van der Waals surface area contributed by atoms with Crippen LogP contribution in [0.3, 0.4) is 0 Å². The first-order chi connectivity index (χ1) is 22.7. The Morgan fingerprint density at radius 1 is 0.583 bits per heavy atom. The van der Waals surface area contributed by atoms with Crippen molar-refractivity contribution >= 4 is 11.4 Å². The van der Waals surface area contributed by atoms with Crippen LogP contribution in [0.1, 0.15) is 138 Å². The summed E-state index contributed by atoms with van der Waals surface area (Å²) < 4.78 is 0. The molecule has 0 unspecified atom stereocenters. The number of hydrogen-bond acceptors (Lipinski definition) is 3. The zero-order valence-electron chi connectivity index (χ0n) is 32.9. The van der Waals surface area contributed by atoms with Gasteiger partial charge in [0.25, 0.3) is 0 Å². The molecule has 2 aliphatic rings. The van der Waals surface area contributed by atoms with Gasteiger partial charge in [0.05, 0.1) is 0 Å². The van der Waals surface area contributed by atoms with Crippen molar-refractivity contribution in [3.05, 3.63) is 83.0 Å². The van der Waals surface area contributed by atoms with Gasteiger partial charge in [0, 0.05) is 36.5 Å². The van der Waals surface area contributed by atoms with Crippen LogP contribution in [0.25, 0.3) is 0 Å². The molecule has 3 nitrogen and oxygen atoms in total. The van der Waals surface area contributed by atoms with Gasteiger partial charge in [-0.25, -0.2) is 0 Å². The van der Waals surface area contributed by atoms with Crippen molar-refractivity contribution in [2.45, 2.75) is 152 Å². The summed E-state index contributed by atoms with van der Waals surface area (Å²) in [5, 5.41) is 3.48. The molecule has 1 saturated carbocycles. The van der Waals surface area contributed by atoms with E-state index in [1.54, 1.807) is 0 Å². The molecule has 2 aromatic rings. The third-order valence-electron chi connectivity index (χ3n) is 10.0. The topological polar surface area (TPSA) is 18.5 Å². The quantitative estimate of drug-likeness (QED) is 0.230. The summed E-state index contributed by atoms with van der Waals surface area (Å²) in [6, 6.07) is 20.1. The summed E-state index contributed by atoms with van der Waals surface area (Å²) in [6.45, 7) is 27.1. The number of hydrogen-bond donors (Lipinski definition) is 1. The molecule has 1 heterocycles. The molecule has 0 atom stereocenters. The van der Waals surface area contributed by atoms with Crippen LogP contribution < -0.4 is 15.1 Å². The summed E-state index contributed by atoms with van der Waals surface area (Å²) in [5.74, 6) is 0. The molecule has 2 aromatic carbocycles. The van der Waals surface area contributed by atoms with Crippen LogP contribution >= 0.6 is 0 Å². The molecule has 0 bridgehead atoms. The fourth-order valence-corrected chi connectivity index (χ4v) is 6.75. The van der Waals surface area contributed by atoms with Gasteiger partial charge in [0.15, 0.2) is 0 Å². The minimum absolute atomic E-state index is 0.406. The predicted octanol–water partition coefficient (Wildman–Crippen LogP) is 12.0. The molecule has 1 saturated heterocycles. The maximum Gasteiger partial charge on any atom is 0.0371 e. The zero-order chi connectivity index (χ0) is 35.2. The third kappa shape index (κ3) is 15.4. The minimum atomic E-state index is 0.406. The molecule has 0 spiro atoms. The average molecular weight is 656 g/mol. The average Bonchev–Trinajstić information content (AvgIpc) is 3.04. The Labute approximate surface area is 297 Å². The third-order valence-corrected chi connectivity index (χ3v) is 10.0. The summed E-state index contributed by atoms with van der Waals surface area (Å²) in [7, 11) is 0. The molecule has 0 radical (unpaired) electrons. The molecule has 268 valence electrons. The normalized spacial score (nSPS) is 16.0. The highest BCUT2D eigenvalue weighted by Gasteiger charge is 2.22. The van der Waals surface area contributed by atoms with Crippen LogP contribution in [0.5, 0.6) is 0 Å².